The smallest absolute Gasteiger partial charge is 0.237 e. The SMILES string of the molecule is CC(C(=O)NC(c1ccccc1)c1ccccc1)N1CCN(c2ncccn2)CC1. The molecule has 6 heteroatoms. The first-order valence-electron chi connectivity index (χ1n) is 10.4. The molecule has 0 bridgehead atoms. The van der Waals surface area contributed by atoms with Crippen LogP contribution < -0.4 is 10.2 Å². The summed E-state index contributed by atoms with van der Waals surface area (Å²) in [6, 6.07) is 21.7. The molecule has 1 unspecified atom stereocenters. The lowest BCUT2D eigenvalue weighted by atomic mass is 9.98. The molecular formula is C24H27N5O. The van der Waals surface area contributed by atoms with Crippen molar-refractivity contribution in [1.29, 1.82) is 0 Å². The molecule has 154 valence electrons. The molecule has 1 aromatic heterocycles. The lowest BCUT2D eigenvalue weighted by Crippen LogP contribution is -2.54. The molecule has 1 aliphatic heterocycles. The van der Waals surface area contributed by atoms with Crippen molar-refractivity contribution < 1.29 is 4.79 Å². The van der Waals surface area contributed by atoms with E-state index in [9.17, 15) is 4.79 Å². The molecule has 0 saturated carbocycles. The van der Waals surface area contributed by atoms with E-state index in [4.69, 9.17) is 0 Å². The fraction of sp³-hybridized carbons (Fsp3) is 0.292. The van der Waals surface area contributed by atoms with Gasteiger partial charge in [-0.1, -0.05) is 60.7 Å². The Kier molecular flexibility index (Phi) is 6.35. The third kappa shape index (κ3) is 4.66. The second kappa shape index (κ2) is 9.50. The maximum Gasteiger partial charge on any atom is 0.237 e. The maximum absolute atomic E-state index is 13.2. The Hall–Kier alpha value is -3.25. The maximum atomic E-state index is 13.2. The molecule has 2 heterocycles. The first-order valence-corrected chi connectivity index (χ1v) is 10.4. The van der Waals surface area contributed by atoms with Crippen LogP contribution in [0, 0.1) is 0 Å². The molecule has 1 fully saturated rings. The van der Waals surface area contributed by atoms with Crippen LogP contribution in [0.25, 0.3) is 0 Å². The normalized spacial score (nSPS) is 15.7. The van der Waals surface area contributed by atoms with E-state index in [0.717, 1.165) is 43.3 Å². The van der Waals surface area contributed by atoms with Crippen LogP contribution >= 0.6 is 0 Å². The Labute approximate surface area is 177 Å². The van der Waals surface area contributed by atoms with Gasteiger partial charge in [-0.2, -0.15) is 0 Å². The number of benzene rings is 2. The minimum absolute atomic E-state index is 0.0390. The quantitative estimate of drug-likeness (QED) is 0.688. The molecule has 0 spiro atoms. The molecule has 3 aromatic rings. The fourth-order valence-electron chi connectivity index (χ4n) is 3.84. The first kappa shape index (κ1) is 20.0. The molecule has 1 amide bonds. The zero-order valence-corrected chi connectivity index (χ0v) is 17.2. The van der Waals surface area contributed by atoms with Crippen LogP contribution in [-0.4, -0.2) is 53.0 Å². The summed E-state index contributed by atoms with van der Waals surface area (Å²) in [5.74, 6) is 0.791. The van der Waals surface area contributed by atoms with Crippen molar-refractivity contribution in [3.8, 4) is 0 Å². The van der Waals surface area contributed by atoms with Gasteiger partial charge in [-0.15, -0.1) is 0 Å². The standard InChI is InChI=1S/C24H27N5O/c1-19(28-15-17-29(18-16-28)24-25-13-8-14-26-24)23(30)27-22(20-9-4-2-5-10-20)21-11-6-3-7-12-21/h2-14,19,22H,15-18H2,1H3,(H,27,30). The predicted octanol–water partition coefficient (Wildman–Crippen LogP) is 2.89. The van der Waals surface area contributed by atoms with Gasteiger partial charge in [0.15, 0.2) is 0 Å². The summed E-state index contributed by atoms with van der Waals surface area (Å²) < 4.78 is 0. The van der Waals surface area contributed by atoms with Crippen molar-refractivity contribution in [2.75, 3.05) is 31.1 Å². The van der Waals surface area contributed by atoms with E-state index in [1.807, 2.05) is 49.4 Å². The summed E-state index contributed by atoms with van der Waals surface area (Å²) in [6.45, 7) is 5.20. The third-order valence-corrected chi connectivity index (χ3v) is 5.63. The zero-order chi connectivity index (χ0) is 20.8. The topological polar surface area (TPSA) is 61.4 Å². The van der Waals surface area contributed by atoms with Crippen LogP contribution in [0.5, 0.6) is 0 Å². The van der Waals surface area contributed by atoms with Gasteiger partial charge in [0.05, 0.1) is 12.1 Å². The number of amides is 1. The summed E-state index contributed by atoms with van der Waals surface area (Å²) in [7, 11) is 0. The highest BCUT2D eigenvalue weighted by atomic mass is 16.2. The molecule has 0 radical (unpaired) electrons. The number of aromatic nitrogens is 2. The minimum Gasteiger partial charge on any atom is -0.344 e. The Morgan fingerprint density at radius 3 is 1.90 bits per heavy atom. The van der Waals surface area contributed by atoms with E-state index < -0.39 is 0 Å². The Bertz CT molecular complexity index is 888. The minimum atomic E-state index is -0.209. The van der Waals surface area contributed by atoms with Crippen molar-refractivity contribution in [3.63, 3.8) is 0 Å². The predicted molar refractivity (Wildman–Crippen MR) is 118 cm³/mol. The average molecular weight is 402 g/mol. The third-order valence-electron chi connectivity index (χ3n) is 5.63. The molecule has 1 N–H and O–H groups in total. The molecule has 2 aromatic carbocycles. The van der Waals surface area contributed by atoms with Crippen molar-refractivity contribution in [3.05, 3.63) is 90.3 Å². The van der Waals surface area contributed by atoms with Gasteiger partial charge >= 0.3 is 0 Å². The number of hydrogen-bond donors (Lipinski definition) is 1. The van der Waals surface area contributed by atoms with E-state index in [0.29, 0.717) is 0 Å². The first-order chi connectivity index (χ1) is 14.7. The lowest BCUT2D eigenvalue weighted by Gasteiger charge is -2.37. The number of nitrogens with zero attached hydrogens (tertiary/aromatic N) is 4. The van der Waals surface area contributed by atoms with Gasteiger partial charge in [0.25, 0.3) is 0 Å². The van der Waals surface area contributed by atoms with Crippen molar-refractivity contribution in [1.82, 2.24) is 20.2 Å². The van der Waals surface area contributed by atoms with Gasteiger partial charge in [0.2, 0.25) is 11.9 Å². The van der Waals surface area contributed by atoms with E-state index in [2.05, 4.69) is 49.4 Å². The van der Waals surface area contributed by atoms with Gasteiger partial charge < -0.3 is 10.2 Å². The van der Waals surface area contributed by atoms with Crippen molar-refractivity contribution in [2.45, 2.75) is 19.0 Å². The summed E-state index contributed by atoms with van der Waals surface area (Å²) in [6.07, 6.45) is 3.52. The van der Waals surface area contributed by atoms with Crippen molar-refractivity contribution in [2.24, 2.45) is 0 Å². The van der Waals surface area contributed by atoms with E-state index in [1.165, 1.54) is 0 Å². The molecule has 1 atom stereocenters. The second-order valence-electron chi connectivity index (χ2n) is 7.51. The number of hydrogen-bond acceptors (Lipinski definition) is 5. The number of carbonyl (C=O) groups is 1. The number of rotatable bonds is 6. The van der Waals surface area contributed by atoms with Gasteiger partial charge in [0.1, 0.15) is 0 Å². The Morgan fingerprint density at radius 1 is 0.833 bits per heavy atom. The average Bonchev–Trinajstić information content (AvgIpc) is 2.83. The molecular weight excluding hydrogens is 374 g/mol. The van der Waals surface area contributed by atoms with Crippen LogP contribution in [0.15, 0.2) is 79.1 Å². The number of carbonyl (C=O) groups excluding carboxylic acids is 1. The summed E-state index contributed by atoms with van der Waals surface area (Å²) >= 11 is 0. The molecule has 1 aliphatic rings. The number of nitrogens with one attached hydrogen (secondary N) is 1. The van der Waals surface area contributed by atoms with Gasteiger partial charge in [0, 0.05) is 38.6 Å². The van der Waals surface area contributed by atoms with Gasteiger partial charge in [-0.25, -0.2) is 9.97 Å². The Balaban J connectivity index is 1.42. The van der Waals surface area contributed by atoms with Crippen LogP contribution in [0.2, 0.25) is 0 Å². The van der Waals surface area contributed by atoms with E-state index in [1.54, 1.807) is 12.4 Å². The Morgan fingerprint density at radius 2 is 1.37 bits per heavy atom. The van der Waals surface area contributed by atoms with E-state index >= 15 is 0 Å². The van der Waals surface area contributed by atoms with Crippen molar-refractivity contribution >= 4 is 11.9 Å². The van der Waals surface area contributed by atoms with Crippen LogP contribution in [0.3, 0.4) is 0 Å². The second-order valence-corrected chi connectivity index (χ2v) is 7.51. The van der Waals surface area contributed by atoms with E-state index in [-0.39, 0.29) is 18.0 Å². The highest BCUT2D eigenvalue weighted by Gasteiger charge is 2.28. The number of piperazine rings is 1. The highest BCUT2D eigenvalue weighted by molar-refractivity contribution is 5.82. The molecule has 1 saturated heterocycles. The zero-order valence-electron chi connectivity index (χ0n) is 17.2. The monoisotopic (exact) mass is 401 g/mol. The van der Waals surface area contributed by atoms with Crippen LogP contribution in [-0.2, 0) is 4.79 Å². The summed E-state index contributed by atoms with van der Waals surface area (Å²) in [4.78, 5) is 26.2. The van der Waals surface area contributed by atoms with Gasteiger partial charge in [-0.05, 0) is 24.1 Å². The summed E-state index contributed by atoms with van der Waals surface area (Å²) in [5, 5.41) is 3.27. The summed E-state index contributed by atoms with van der Waals surface area (Å²) in [5.41, 5.74) is 2.16. The van der Waals surface area contributed by atoms with Crippen LogP contribution in [0.1, 0.15) is 24.1 Å². The molecule has 6 nitrogen and oxygen atoms in total. The number of anilines is 1. The van der Waals surface area contributed by atoms with Gasteiger partial charge in [-0.3, -0.25) is 9.69 Å². The largest absolute Gasteiger partial charge is 0.344 e. The highest BCUT2D eigenvalue weighted by Crippen LogP contribution is 2.22. The fourth-order valence-corrected chi connectivity index (χ4v) is 3.84. The molecule has 4 rings (SSSR count). The lowest BCUT2D eigenvalue weighted by molar-refractivity contribution is -0.126. The molecule has 0 aliphatic carbocycles. The van der Waals surface area contributed by atoms with Crippen LogP contribution in [0.4, 0.5) is 5.95 Å². The molecule has 30 heavy (non-hydrogen) atoms.